The molecule has 0 aliphatic carbocycles. The van der Waals surface area contributed by atoms with Gasteiger partial charge in [0.1, 0.15) is 0 Å². The summed E-state index contributed by atoms with van der Waals surface area (Å²) >= 11 is -1.72. The summed E-state index contributed by atoms with van der Waals surface area (Å²) in [5, 5.41) is 4.39. The Labute approximate surface area is 307 Å². The van der Waals surface area contributed by atoms with E-state index < -0.39 is 13.3 Å². The van der Waals surface area contributed by atoms with Crippen LogP contribution in [-0.4, -0.2) is 32.8 Å². The molecule has 7 heteroatoms. The molecule has 50 heavy (non-hydrogen) atoms. The number of pyridine rings is 2. The zero-order valence-corrected chi connectivity index (χ0v) is 32.5. The van der Waals surface area contributed by atoms with E-state index in [9.17, 15) is 0 Å². The fraction of sp³-hybridized carbons (Fsp3) is 0.0930. The number of rotatable bonds is 5. The molecule has 247 valence electrons. The molecule has 0 saturated carbocycles. The number of hydrogen-bond donors (Lipinski definition) is 0. The van der Waals surface area contributed by atoms with E-state index >= 15 is 0 Å². The fourth-order valence-electron chi connectivity index (χ4n) is 6.22. The average molecular weight is 888 g/mol. The van der Waals surface area contributed by atoms with Gasteiger partial charge in [-0.1, -0.05) is 65.5 Å². The van der Waals surface area contributed by atoms with Crippen LogP contribution in [0.2, 0.25) is 17.3 Å². The van der Waals surface area contributed by atoms with E-state index in [2.05, 4.69) is 117 Å². The number of furan rings is 1. The van der Waals surface area contributed by atoms with Gasteiger partial charge in [-0.05, 0) is 40.6 Å². The van der Waals surface area contributed by atoms with Crippen molar-refractivity contribution in [2.24, 2.45) is 0 Å². The number of hydrogen-bond acceptors (Lipinski definition) is 4. The molecule has 0 spiro atoms. The standard InChI is InChI=1S/C29H18N3O.C14H16GeN.Ir/c1-2-8-19(9-3-1)18-32-26-17-21-11-5-4-10-20(21)16-25(26)31-28(32)24-13-6-12-22-23-14-7-15-30-29(23)33-27(22)24;1-15(2,3)13-9-10-14(16-11-13)12-7-5-4-6-8-12;/h1-12,14-17H,18H2;4-7,9-11H,1-3H3;/q2*-1;. The normalized spacial score (nSPS) is 11.4. The molecule has 4 aromatic heterocycles. The van der Waals surface area contributed by atoms with Crippen molar-refractivity contribution in [2.45, 2.75) is 23.8 Å². The molecule has 1 radical (unpaired) electrons. The van der Waals surface area contributed by atoms with Gasteiger partial charge < -0.3 is 8.98 Å². The summed E-state index contributed by atoms with van der Waals surface area (Å²) in [4.78, 5) is 14.0. The topological polar surface area (TPSA) is 56.7 Å². The van der Waals surface area contributed by atoms with Gasteiger partial charge in [0.15, 0.2) is 0 Å². The number of benzene rings is 5. The summed E-state index contributed by atoms with van der Waals surface area (Å²) in [6.45, 7) is 0.702. The van der Waals surface area contributed by atoms with Crippen LogP contribution < -0.4 is 4.40 Å². The zero-order chi connectivity index (χ0) is 33.4. The van der Waals surface area contributed by atoms with Crippen molar-refractivity contribution in [3.8, 4) is 22.6 Å². The third-order valence-corrected chi connectivity index (χ3v) is 13.1. The van der Waals surface area contributed by atoms with E-state index in [1.165, 1.54) is 20.7 Å². The van der Waals surface area contributed by atoms with Crippen LogP contribution >= 0.6 is 0 Å². The first-order chi connectivity index (χ1) is 23.9. The Morgan fingerprint density at radius 2 is 1.50 bits per heavy atom. The Bertz CT molecular complexity index is 2560. The van der Waals surface area contributed by atoms with Crippen LogP contribution in [0, 0.1) is 12.1 Å². The van der Waals surface area contributed by atoms with Crippen molar-refractivity contribution in [3.63, 3.8) is 0 Å². The molecular formula is C43H34GeIrN4O-2. The van der Waals surface area contributed by atoms with Gasteiger partial charge in [-0.15, -0.1) is 18.2 Å². The maximum Gasteiger partial charge on any atom is 0.216 e. The van der Waals surface area contributed by atoms with Gasteiger partial charge in [-0.2, -0.15) is 0 Å². The molecular weight excluding hydrogens is 853 g/mol. The van der Waals surface area contributed by atoms with Crippen molar-refractivity contribution in [1.29, 1.82) is 0 Å². The van der Waals surface area contributed by atoms with Crippen LogP contribution in [0.1, 0.15) is 5.56 Å². The SMILES string of the molecule is [CH3][Ge]([CH3])([CH3])[c]1ccc(-c2[c-]cccc2)nc1.[Ir].[c-]1ccc2c(oc3ncccc32)c1-c1nc2cc3ccccc3cc2n1Cc1ccccc1. The third-order valence-electron chi connectivity index (χ3n) is 8.85. The molecule has 0 atom stereocenters. The summed E-state index contributed by atoms with van der Waals surface area (Å²) in [6.07, 6.45) is 3.79. The van der Waals surface area contributed by atoms with Crippen molar-refractivity contribution in [1.82, 2.24) is 19.5 Å². The number of fused-ring (bicyclic) bond motifs is 5. The molecule has 0 aliphatic heterocycles. The van der Waals surface area contributed by atoms with E-state index in [-0.39, 0.29) is 20.1 Å². The minimum Gasteiger partial charge on any atom is -0.486 e. The number of imidazole rings is 1. The van der Waals surface area contributed by atoms with Crippen LogP contribution in [0.4, 0.5) is 0 Å². The summed E-state index contributed by atoms with van der Waals surface area (Å²) in [5.74, 6) is 7.98. The summed E-state index contributed by atoms with van der Waals surface area (Å²) in [5.41, 5.74) is 7.58. The van der Waals surface area contributed by atoms with Crippen LogP contribution in [0.15, 0.2) is 144 Å². The first-order valence-electron chi connectivity index (χ1n) is 16.5. The molecule has 0 bridgehead atoms. The minimum atomic E-state index is -1.72. The maximum absolute atomic E-state index is 6.22. The van der Waals surface area contributed by atoms with Crippen LogP contribution in [0.3, 0.4) is 0 Å². The van der Waals surface area contributed by atoms with Crippen molar-refractivity contribution in [2.75, 3.05) is 0 Å². The van der Waals surface area contributed by atoms with Crippen molar-refractivity contribution >= 4 is 61.5 Å². The van der Waals surface area contributed by atoms with E-state index in [1.807, 2.05) is 60.8 Å². The van der Waals surface area contributed by atoms with Crippen molar-refractivity contribution in [3.05, 3.63) is 157 Å². The molecule has 5 aromatic carbocycles. The van der Waals surface area contributed by atoms with Crippen LogP contribution in [0.5, 0.6) is 0 Å². The molecule has 9 rings (SSSR count). The fourth-order valence-corrected chi connectivity index (χ4v) is 8.39. The average Bonchev–Trinajstić information content (AvgIpc) is 3.69. The summed E-state index contributed by atoms with van der Waals surface area (Å²) < 4.78 is 9.93. The van der Waals surface area contributed by atoms with Crippen LogP contribution in [-0.2, 0) is 26.7 Å². The Morgan fingerprint density at radius 1 is 0.720 bits per heavy atom. The zero-order valence-electron chi connectivity index (χ0n) is 28.0. The Kier molecular flexibility index (Phi) is 9.52. The molecule has 0 unspecified atom stereocenters. The Morgan fingerprint density at radius 3 is 2.24 bits per heavy atom. The van der Waals surface area contributed by atoms with E-state index in [0.717, 1.165) is 50.0 Å². The Hall–Kier alpha value is -4.88. The van der Waals surface area contributed by atoms with Gasteiger partial charge in [-0.25, -0.2) is 4.98 Å². The molecule has 4 heterocycles. The third kappa shape index (κ3) is 6.67. The molecule has 0 saturated heterocycles. The van der Waals surface area contributed by atoms with Crippen LogP contribution in [0.25, 0.3) is 66.5 Å². The second-order valence-electron chi connectivity index (χ2n) is 13.2. The van der Waals surface area contributed by atoms with Gasteiger partial charge in [0, 0.05) is 38.2 Å². The van der Waals surface area contributed by atoms with E-state index in [0.29, 0.717) is 12.3 Å². The minimum absolute atomic E-state index is 0. The first kappa shape index (κ1) is 33.6. The van der Waals surface area contributed by atoms with Gasteiger partial charge in [0.2, 0.25) is 5.71 Å². The van der Waals surface area contributed by atoms with Gasteiger partial charge in [0.05, 0.1) is 22.4 Å². The Balaban J connectivity index is 0.000000196. The number of aromatic nitrogens is 4. The van der Waals surface area contributed by atoms with E-state index in [4.69, 9.17) is 9.40 Å². The molecule has 0 N–H and O–H groups in total. The van der Waals surface area contributed by atoms with Gasteiger partial charge in [-0.3, -0.25) is 4.98 Å². The quantitative estimate of drug-likeness (QED) is 0.128. The van der Waals surface area contributed by atoms with E-state index in [1.54, 1.807) is 6.20 Å². The van der Waals surface area contributed by atoms with Gasteiger partial charge >= 0.3 is 99.8 Å². The van der Waals surface area contributed by atoms with Crippen molar-refractivity contribution < 1.29 is 24.5 Å². The second kappa shape index (κ2) is 14.2. The predicted octanol–water partition coefficient (Wildman–Crippen LogP) is 10.1. The first-order valence-corrected chi connectivity index (χ1v) is 23.8. The number of nitrogens with zero attached hydrogens (tertiary/aromatic N) is 4. The molecule has 0 fully saturated rings. The second-order valence-corrected chi connectivity index (χ2v) is 23.9. The largest absolute Gasteiger partial charge is 0.486 e. The monoisotopic (exact) mass is 889 g/mol. The molecule has 9 aromatic rings. The molecule has 0 amide bonds. The summed E-state index contributed by atoms with van der Waals surface area (Å²) in [6, 6.07) is 50.1. The van der Waals surface area contributed by atoms with Gasteiger partial charge in [0.25, 0.3) is 0 Å². The predicted molar refractivity (Wildman–Crippen MR) is 204 cm³/mol. The smallest absolute Gasteiger partial charge is 0.216 e. The molecule has 0 aliphatic rings. The molecule has 5 nitrogen and oxygen atoms in total. The summed E-state index contributed by atoms with van der Waals surface area (Å²) in [7, 11) is 0. The maximum atomic E-state index is 6.22.